The molecule has 3 aromatic rings. The number of carbonyl (C=O) groups is 1. The highest BCUT2D eigenvalue weighted by Crippen LogP contribution is 2.36. The number of aromatic hydroxyl groups is 1. The van der Waals surface area contributed by atoms with E-state index >= 15 is 0 Å². The molecule has 0 bridgehead atoms. The fraction of sp³-hybridized carbons (Fsp3) is 0.190. The highest BCUT2D eigenvalue weighted by molar-refractivity contribution is 5.89. The van der Waals surface area contributed by atoms with Gasteiger partial charge in [-0.1, -0.05) is 49.4 Å². The number of methoxy groups -OCH3 is 1. The zero-order valence-corrected chi connectivity index (χ0v) is 14.3. The molecule has 3 aromatic carbocycles. The normalized spacial score (nSPS) is 11.9. The van der Waals surface area contributed by atoms with Crippen molar-refractivity contribution in [2.24, 2.45) is 0 Å². The van der Waals surface area contributed by atoms with Crippen LogP contribution in [0.15, 0.2) is 60.7 Å². The van der Waals surface area contributed by atoms with E-state index in [1.54, 1.807) is 13.2 Å². The van der Waals surface area contributed by atoms with Gasteiger partial charge >= 0.3 is 0 Å². The smallest absolute Gasteiger partial charge is 0.220 e. The molecule has 4 heteroatoms. The molecule has 0 aliphatic carbocycles. The van der Waals surface area contributed by atoms with Crippen LogP contribution in [0.4, 0.5) is 0 Å². The van der Waals surface area contributed by atoms with Crippen molar-refractivity contribution < 1.29 is 14.6 Å². The third-order valence-electron chi connectivity index (χ3n) is 4.31. The molecule has 0 heterocycles. The van der Waals surface area contributed by atoms with Gasteiger partial charge in [-0.2, -0.15) is 0 Å². The number of benzene rings is 3. The molecule has 0 saturated heterocycles. The van der Waals surface area contributed by atoms with Crippen LogP contribution in [0.3, 0.4) is 0 Å². The van der Waals surface area contributed by atoms with Gasteiger partial charge in [0.05, 0.1) is 13.2 Å². The molecule has 1 atom stereocenters. The Morgan fingerprint density at radius 2 is 1.80 bits per heavy atom. The summed E-state index contributed by atoms with van der Waals surface area (Å²) in [5.74, 6) is 0.829. The van der Waals surface area contributed by atoms with E-state index in [1.807, 2.05) is 61.5 Å². The van der Waals surface area contributed by atoms with Crippen LogP contribution in [0.1, 0.15) is 30.5 Å². The molecule has 4 nitrogen and oxygen atoms in total. The summed E-state index contributed by atoms with van der Waals surface area (Å²) in [6.07, 6.45) is 0.373. The first-order valence-corrected chi connectivity index (χ1v) is 8.28. The Kier molecular flexibility index (Phi) is 4.89. The van der Waals surface area contributed by atoms with Crippen LogP contribution in [0.25, 0.3) is 10.8 Å². The maximum absolute atomic E-state index is 12.1. The van der Waals surface area contributed by atoms with E-state index in [1.165, 1.54) is 0 Å². The fourth-order valence-electron chi connectivity index (χ4n) is 2.97. The van der Waals surface area contributed by atoms with Crippen LogP contribution < -0.4 is 10.1 Å². The summed E-state index contributed by atoms with van der Waals surface area (Å²) >= 11 is 0. The second kappa shape index (κ2) is 7.26. The van der Waals surface area contributed by atoms with E-state index in [0.717, 1.165) is 22.1 Å². The largest absolute Gasteiger partial charge is 0.508 e. The third-order valence-corrected chi connectivity index (χ3v) is 4.31. The molecule has 0 fully saturated rings. The zero-order chi connectivity index (χ0) is 17.8. The van der Waals surface area contributed by atoms with Crippen molar-refractivity contribution in [3.05, 3.63) is 71.8 Å². The van der Waals surface area contributed by atoms with Gasteiger partial charge in [-0.05, 0) is 34.5 Å². The van der Waals surface area contributed by atoms with Crippen molar-refractivity contribution in [1.82, 2.24) is 5.32 Å². The number of rotatable bonds is 5. The Morgan fingerprint density at radius 3 is 2.48 bits per heavy atom. The fourth-order valence-corrected chi connectivity index (χ4v) is 2.97. The molecule has 3 rings (SSSR count). The van der Waals surface area contributed by atoms with Gasteiger partial charge in [-0.3, -0.25) is 4.79 Å². The monoisotopic (exact) mass is 335 g/mol. The predicted molar refractivity (Wildman–Crippen MR) is 98.9 cm³/mol. The molecule has 0 saturated carbocycles. The van der Waals surface area contributed by atoms with Crippen LogP contribution in [-0.2, 0) is 4.79 Å². The molecule has 0 unspecified atom stereocenters. The summed E-state index contributed by atoms with van der Waals surface area (Å²) in [7, 11) is 1.61. The van der Waals surface area contributed by atoms with E-state index in [2.05, 4.69) is 5.32 Å². The van der Waals surface area contributed by atoms with E-state index in [9.17, 15) is 9.90 Å². The lowest BCUT2D eigenvalue weighted by atomic mass is 9.92. The summed E-state index contributed by atoms with van der Waals surface area (Å²) in [5.41, 5.74) is 1.58. The van der Waals surface area contributed by atoms with Crippen molar-refractivity contribution in [3.8, 4) is 11.5 Å². The minimum atomic E-state index is -0.440. The first-order valence-electron chi connectivity index (χ1n) is 8.28. The van der Waals surface area contributed by atoms with Gasteiger partial charge in [-0.15, -0.1) is 0 Å². The predicted octanol–water partition coefficient (Wildman–Crippen LogP) is 4.17. The van der Waals surface area contributed by atoms with Crippen molar-refractivity contribution in [2.75, 3.05) is 7.11 Å². The average Bonchev–Trinajstić information content (AvgIpc) is 2.66. The van der Waals surface area contributed by atoms with Gasteiger partial charge in [0.25, 0.3) is 0 Å². The molecule has 1 amide bonds. The standard InChI is InChI=1S/C21H21NO3/c1-3-19(24)22-21(15-8-11-16(25-2)12-9-15)20-17-7-5-4-6-14(17)10-13-18(20)23/h4-13,21,23H,3H2,1-2H3,(H,22,24)/t21-/m0/s1. The highest BCUT2D eigenvalue weighted by atomic mass is 16.5. The van der Waals surface area contributed by atoms with Crippen LogP contribution in [0.5, 0.6) is 11.5 Å². The van der Waals surface area contributed by atoms with Crippen molar-refractivity contribution in [3.63, 3.8) is 0 Å². The third kappa shape index (κ3) is 3.43. The molecule has 0 spiro atoms. The quantitative estimate of drug-likeness (QED) is 0.736. The van der Waals surface area contributed by atoms with Gasteiger partial charge in [0.2, 0.25) is 5.91 Å². The zero-order valence-electron chi connectivity index (χ0n) is 14.3. The topological polar surface area (TPSA) is 58.6 Å². The molecule has 0 radical (unpaired) electrons. The lowest BCUT2D eigenvalue weighted by Gasteiger charge is -2.22. The Hall–Kier alpha value is -3.01. The van der Waals surface area contributed by atoms with Crippen LogP contribution in [0, 0.1) is 0 Å². The molecule has 2 N–H and O–H groups in total. The number of fused-ring (bicyclic) bond motifs is 1. The molecular formula is C21H21NO3. The molecule has 0 aliphatic rings. The summed E-state index contributed by atoms with van der Waals surface area (Å²) in [4.78, 5) is 12.1. The number of nitrogens with one attached hydrogen (secondary N) is 1. The number of phenols is 1. The summed E-state index contributed by atoms with van der Waals surface area (Å²) < 4.78 is 5.21. The first-order chi connectivity index (χ1) is 12.1. The van der Waals surface area contributed by atoms with Crippen LogP contribution in [0.2, 0.25) is 0 Å². The van der Waals surface area contributed by atoms with Gasteiger partial charge in [-0.25, -0.2) is 0 Å². The van der Waals surface area contributed by atoms with Gasteiger partial charge in [0.1, 0.15) is 11.5 Å². The van der Waals surface area contributed by atoms with E-state index in [0.29, 0.717) is 12.0 Å². The van der Waals surface area contributed by atoms with Gasteiger partial charge in [0, 0.05) is 12.0 Å². The molecule has 0 aromatic heterocycles. The van der Waals surface area contributed by atoms with E-state index in [-0.39, 0.29) is 11.7 Å². The first kappa shape index (κ1) is 16.8. The second-order valence-corrected chi connectivity index (χ2v) is 5.85. The van der Waals surface area contributed by atoms with Crippen molar-refractivity contribution >= 4 is 16.7 Å². The van der Waals surface area contributed by atoms with Crippen molar-refractivity contribution in [2.45, 2.75) is 19.4 Å². The Labute approximate surface area is 147 Å². The number of hydrogen-bond donors (Lipinski definition) is 2. The molecule has 25 heavy (non-hydrogen) atoms. The minimum absolute atomic E-state index is 0.0758. The summed E-state index contributed by atoms with van der Waals surface area (Å²) in [5, 5.41) is 15.5. The Morgan fingerprint density at radius 1 is 1.08 bits per heavy atom. The summed E-state index contributed by atoms with van der Waals surface area (Å²) in [6, 6.07) is 18.4. The lowest BCUT2D eigenvalue weighted by Crippen LogP contribution is -2.28. The number of ether oxygens (including phenoxy) is 1. The van der Waals surface area contributed by atoms with E-state index in [4.69, 9.17) is 4.74 Å². The minimum Gasteiger partial charge on any atom is -0.508 e. The molecule has 0 aliphatic heterocycles. The van der Waals surface area contributed by atoms with Gasteiger partial charge < -0.3 is 15.2 Å². The maximum Gasteiger partial charge on any atom is 0.220 e. The molecular weight excluding hydrogens is 314 g/mol. The number of amides is 1. The average molecular weight is 335 g/mol. The number of phenolic OH excluding ortho intramolecular Hbond substituents is 1. The maximum atomic E-state index is 12.1. The van der Waals surface area contributed by atoms with Crippen LogP contribution in [-0.4, -0.2) is 18.1 Å². The van der Waals surface area contributed by atoms with Crippen LogP contribution >= 0.6 is 0 Å². The van der Waals surface area contributed by atoms with E-state index < -0.39 is 6.04 Å². The molecule has 128 valence electrons. The highest BCUT2D eigenvalue weighted by Gasteiger charge is 2.22. The number of hydrogen-bond acceptors (Lipinski definition) is 3. The summed E-state index contributed by atoms with van der Waals surface area (Å²) in [6.45, 7) is 1.81. The SMILES string of the molecule is CCC(=O)N[C@@H](c1ccc(OC)cc1)c1c(O)ccc2ccccc12. The second-order valence-electron chi connectivity index (χ2n) is 5.85. The van der Waals surface area contributed by atoms with Gasteiger partial charge in [0.15, 0.2) is 0 Å². The number of carbonyl (C=O) groups excluding carboxylic acids is 1. The lowest BCUT2D eigenvalue weighted by molar-refractivity contribution is -0.121. The Balaban J connectivity index is 2.17. The Bertz CT molecular complexity index is 887. The van der Waals surface area contributed by atoms with Crippen molar-refractivity contribution in [1.29, 1.82) is 0 Å².